The van der Waals surface area contributed by atoms with Gasteiger partial charge in [-0.3, -0.25) is 0 Å². The van der Waals surface area contributed by atoms with Gasteiger partial charge in [-0.2, -0.15) is 18.4 Å². The van der Waals surface area contributed by atoms with E-state index in [1.165, 1.54) is 12.1 Å². The third-order valence-electron chi connectivity index (χ3n) is 5.83. The first-order valence-corrected chi connectivity index (χ1v) is 10.4. The van der Waals surface area contributed by atoms with Crippen LogP contribution >= 0.6 is 0 Å². The molecule has 8 heteroatoms. The van der Waals surface area contributed by atoms with Gasteiger partial charge in [0, 0.05) is 29.3 Å². The van der Waals surface area contributed by atoms with Crippen LogP contribution in [0.3, 0.4) is 0 Å². The first-order chi connectivity index (χ1) is 16.3. The quantitative estimate of drug-likeness (QED) is 0.253. The number of hydrogen-bond donors (Lipinski definition) is 0. The van der Waals surface area contributed by atoms with Gasteiger partial charge in [-0.05, 0) is 53.9 Å². The second-order valence-electron chi connectivity index (χ2n) is 8.04. The first-order valence-electron chi connectivity index (χ1n) is 10.4. The van der Waals surface area contributed by atoms with E-state index in [2.05, 4.69) is 11.1 Å². The lowest BCUT2D eigenvalue weighted by Gasteiger charge is -2.15. The lowest BCUT2D eigenvalue weighted by Crippen LogP contribution is -2.15. The Morgan fingerprint density at radius 1 is 1.09 bits per heavy atom. The smallest absolute Gasteiger partial charge is 0.449 e. The summed E-state index contributed by atoms with van der Waals surface area (Å²) in [7, 11) is 0. The molecule has 0 radical (unpaired) electrons. The maximum Gasteiger partial charge on any atom is 0.449 e. The van der Waals surface area contributed by atoms with Crippen molar-refractivity contribution >= 4 is 16.6 Å². The Kier molecular flexibility index (Phi) is 5.13. The Bertz CT molecular complexity index is 1510. The van der Waals surface area contributed by atoms with E-state index in [1.807, 2.05) is 0 Å². The van der Waals surface area contributed by atoms with Crippen molar-refractivity contribution < 1.29 is 22.3 Å². The zero-order chi connectivity index (χ0) is 24.0. The molecule has 34 heavy (non-hydrogen) atoms. The molecule has 170 valence electrons. The Balaban J connectivity index is 1.62. The van der Waals surface area contributed by atoms with Gasteiger partial charge in [0.1, 0.15) is 18.2 Å². The normalized spacial score (nSPS) is 14.6. The van der Waals surface area contributed by atoms with Gasteiger partial charge in [0.05, 0.1) is 17.1 Å². The number of ether oxygens (including phenoxy) is 1. The summed E-state index contributed by atoms with van der Waals surface area (Å²) in [6, 6.07) is 18.0. The van der Waals surface area contributed by atoms with E-state index in [1.54, 1.807) is 55.5 Å². The summed E-state index contributed by atoms with van der Waals surface area (Å²) in [5.74, 6) is -1.13. The highest BCUT2D eigenvalue weighted by Crippen LogP contribution is 2.39. The maximum absolute atomic E-state index is 13.8. The number of imidazole rings is 1. The predicted molar refractivity (Wildman–Crippen MR) is 118 cm³/mol. The molecule has 0 aliphatic carbocycles. The van der Waals surface area contributed by atoms with Crippen LogP contribution in [0.15, 0.2) is 66.2 Å². The molecule has 0 atom stereocenters. The topological polar surface area (TPSA) is 50.8 Å². The second-order valence-corrected chi connectivity index (χ2v) is 8.04. The molecule has 0 spiro atoms. The van der Waals surface area contributed by atoms with Crippen LogP contribution in [0.25, 0.3) is 16.6 Å². The van der Waals surface area contributed by atoms with Crippen molar-refractivity contribution in [1.82, 2.24) is 9.55 Å². The first kappa shape index (κ1) is 21.7. The molecule has 0 saturated heterocycles. The number of nitriles is 1. The molecule has 0 unspecified atom stereocenters. The van der Waals surface area contributed by atoms with E-state index in [-0.39, 0.29) is 18.7 Å². The molecule has 4 aromatic rings. The largest absolute Gasteiger partial charge is 0.488 e. The summed E-state index contributed by atoms with van der Waals surface area (Å²) in [5.41, 5.74) is 4.29. The van der Waals surface area contributed by atoms with E-state index in [0.29, 0.717) is 39.1 Å². The standard InChI is InChI=1S/C26H17F4N3O/c1-15(12-31)24-19-8-6-16(10-17(19)14-34-23-11-18(27)7-9-20(23)24)13-33-22-5-3-2-4-21(22)32-25(33)26(28,29)30/h2-11H,13-14H2,1H3/b24-15+. The number of allylic oxidation sites excluding steroid dienone is 1. The van der Waals surface area contributed by atoms with Gasteiger partial charge >= 0.3 is 6.18 Å². The molecule has 2 heterocycles. The van der Waals surface area contributed by atoms with Gasteiger partial charge in [0.25, 0.3) is 0 Å². The third-order valence-corrected chi connectivity index (χ3v) is 5.83. The van der Waals surface area contributed by atoms with Crippen LogP contribution in [0, 0.1) is 17.1 Å². The average molecular weight is 463 g/mol. The van der Waals surface area contributed by atoms with E-state index in [0.717, 1.165) is 10.1 Å². The fraction of sp³-hybridized carbons (Fsp3) is 0.154. The minimum Gasteiger partial charge on any atom is -0.488 e. The SMILES string of the molecule is C/C(C#N)=C1/c2ccc(Cn3c(C(F)(F)F)nc4ccccc43)cc2COc2cc(F)ccc21. The molecule has 0 bridgehead atoms. The molecule has 5 rings (SSSR count). The minimum absolute atomic E-state index is 0.0551. The lowest BCUT2D eigenvalue weighted by molar-refractivity contribution is -0.146. The van der Waals surface area contributed by atoms with Crippen LogP contribution in [0.2, 0.25) is 0 Å². The zero-order valence-electron chi connectivity index (χ0n) is 17.9. The lowest BCUT2D eigenvalue weighted by atomic mass is 9.90. The molecule has 0 N–H and O–H groups in total. The van der Waals surface area contributed by atoms with Crippen LogP contribution < -0.4 is 4.74 Å². The summed E-state index contributed by atoms with van der Waals surface area (Å²) in [4.78, 5) is 3.80. The fourth-order valence-electron chi connectivity index (χ4n) is 4.33. The fourth-order valence-corrected chi connectivity index (χ4v) is 4.33. The number of rotatable bonds is 2. The number of hydrogen-bond acceptors (Lipinski definition) is 3. The summed E-state index contributed by atoms with van der Waals surface area (Å²) in [6.07, 6.45) is -4.61. The number of benzene rings is 3. The van der Waals surface area contributed by atoms with Gasteiger partial charge in [0.15, 0.2) is 0 Å². The molecule has 1 aromatic heterocycles. The molecule has 0 saturated carbocycles. The van der Waals surface area contributed by atoms with Crippen LogP contribution in [0.4, 0.5) is 17.6 Å². The number of nitrogens with zero attached hydrogens (tertiary/aromatic N) is 3. The summed E-state index contributed by atoms with van der Waals surface area (Å²) in [5, 5.41) is 9.58. The molecular weight excluding hydrogens is 446 g/mol. The third kappa shape index (κ3) is 3.69. The summed E-state index contributed by atoms with van der Waals surface area (Å²) >= 11 is 0. The average Bonchev–Trinajstić information content (AvgIpc) is 3.10. The van der Waals surface area contributed by atoms with Crippen LogP contribution in [0.5, 0.6) is 5.75 Å². The van der Waals surface area contributed by atoms with E-state index in [4.69, 9.17) is 4.74 Å². The summed E-state index contributed by atoms with van der Waals surface area (Å²) < 4.78 is 62.0. The molecule has 0 amide bonds. The second kappa shape index (κ2) is 8.03. The highest BCUT2D eigenvalue weighted by molar-refractivity contribution is 5.88. The highest BCUT2D eigenvalue weighted by atomic mass is 19.4. The van der Waals surface area contributed by atoms with Crippen molar-refractivity contribution in [2.24, 2.45) is 0 Å². The van der Waals surface area contributed by atoms with Gasteiger partial charge in [-0.15, -0.1) is 0 Å². The Morgan fingerprint density at radius 2 is 1.85 bits per heavy atom. The molecule has 1 aliphatic rings. The van der Waals surface area contributed by atoms with Crippen molar-refractivity contribution in [2.75, 3.05) is 0 Å². The van der Waals surface area contributed by atoms with E-state index < -0.39 is 17.8 Å². The highest BCUT2D eigenvalue weighted by Gasteiger charge is 2.37. The Morgan fingerprint density at radius 3 is 2.62 bits per heavy atom. The predicted octanol–water partition coefficient (Wildman–Crippen LogP) is 6.48. The van der Waals surface area contributed by atoms with Crippen molar-refractivity contribution in [1.29, 1.82) is 5.26 Å². The van der Waals surface area contributed by atoms with Gasteiger partial charge in [0.2, 0.25) is 5.82 Å². The molecule has 3 aromatic carbocycles. The molecule has 1 aliphatic heterocycles. The number of aromatic nitrogens is 2. The Labute approximate surface area is 192 Å². The van der Waals surface area contributed by atoms with E-state index >= 15 is 0 Å². The molecule has 0 fully saturated rings. The number of alkyl halides is 3. The van der Waals surface area contributed by atoms with Gasteiger partial charge in [-0.25, -0.2) is 9.37 Å². The van der Waals surface area contributed by atoms with E-state index in [9.17, 15) is 22.8 Å². The molecular formula is C26H17F4N3O. The van der Waals surface area contributed by atoms with Crippen LogP contribution in [0.1, 0.15) is 35.0 Å². The molecule has 4 nitrogen and oxygen atoms in total. The van der Waals surface area contributed by atoms with Crippen molar-refractivity contribution in [3.63, 3.8) is 0 Å². The zero-order valence-corrected chi connectivity index (χ0v) is 17.9. The van der Waals surface area contributed by atoms with Crippen LogP contribution in [-0.4, -0.2) is 9.55 Å². The van der Waals surface area contributed by atoms with Crippen molar-refractivity contribution in [3.05, 3.63) is 100 Å². The number of para-hydroxylation sites is 2. The van der Waals surface area contributed by atoms with Gasteiger partial charge < -0.3 is 9.30 Å². The minimum atomic E-state index is -4.61. The van der Waals surface area contributed by atoms with Gasteiger partial charge in [-0.1, -0.05) is 24.3 Å². The van der Waals surface area contributed by atoms with Crippen molar-refractivity contribution in [2.45, 2.75) is 26.3 Å². The number of halogens is 4. The van der Waals surface area contributed by atoms with Crippen molar-refractivity contribution in [3.8, 4) is 11.8 Å². The maximum atomic E-state index is 13.8. The Hall–Kier alpha value is -4.12. The summed E-state index contributed by atoms with van der Waals surface area (Å²) in [6.45, 7) is 1.69. The van der Waals surface area contributed by atoms with Crippen LogP contribution in [-0.2, 0) is 19.3 Å². The monoisotopic (exact) mass is 463 g/mol. The number of fused-ring (bicyclic) bond motifs is 3.